The van der Waals surface area contributed by atoms with Crippen molar-refractivity contribution in [3.8, 4) is 0 Å². The predicted octanol–water partition coefficient (Wildman–Crippen LogP) is 1.13. The Morgan fingerprint density at radius 3 is 2.57 bits per heavy atom. The molecule has 0 aromatic heterocycles. The monoisotopic (exact) mass is 208 g/mol. The van der Waals surface area contributed by atoms with Crippen LogP contribution in [-0.2, 0) is 4.79 Å². The van der Waals surface area contributed by atoms with Crippen molar-refractivity contribution in [1.29, 1.82) is 0 Å². The number of amides is 1. The molecule has 3 nitrogen and oxygen atoms in total. The van der Waals surface area contributed by atoms with Gasteiger partial charge in [0.15, 0.2) is 0 Å². The van der Waals surface area contributed by atoms with E-state index in [1.54, 1.807) is 0 Å². The molecule has 0 aliphatic heterocycles. The van der Waals surface area contributed by atoms with Crippen LogP contribution in [0.5, 0.6) is 0 Å². The summed E-state index contributed by atoms with van der Waals surface area (Å²) in [4.78, 5) is 11.1. The Bertz CT molecular complexity index is 186. The second kappa shape index (κ2) is 5.90. The number of alkyl halides is 2. The van der Waals surface area contributed by atoms with Crippen LogP contribution in [-0.4, -0.2) is 24.9 Å². The molecule has 0 heterocycles. The Morgan fingerprint density at radius 2 is 2.14 bits per heavy atom. The summed E-state index contributed by atoms with van der Waals surface area (Å²) in [5, 5.41) is 2.17. The van der Waals surface area contributed by atoms with Crippen molar-refractivity contribution < 1.29 is 13.6 Å². The molecule has 0 bridgehead atoms. The van der Waals surface area contributed by atoms with Gasteiger partial charge in [-0.1, -0.05) is 20.3 Å². The van der Waals surface area contributed by atoms with Gasteiger partial charge in [0.25, 0.3) is 5.92 Å². The molecule has 84 valence electrons. The standard InChI is InChI=1S/C9H18F2N2O/c1-3-7(2)4-8(14)13-6-9(10,11)5-12/h7H,3-6,12H2,1-2H3,(H,13,14). The van der Waals surface area contributed by atoms with Gasteiger partial charge in [-0.25, -0.2) is 8.78 Å². The Labute approximate surface area is 83.0 Å². The largest absolute Gasteiger partial charge is 0.350 e. The van der Waals surface area contributed by atoms with Crippen LogP contribution < -0.4 is 11.1 Å². The van der Waals surface area contributed by atoms with Crippen LogP contribution in [0.15, 0.2) is 0 Å². The van der Waals surface area contributed by atoms with Crippen molar-refractivity contribution in [2.75, 3.05) is 13.1 Å². The van der Waals surface area contributed by atoms with E-state index in [1.807, 2.05) is 13.8 Å². The first kappa shape index (κ1) is 13.3. The third-order valence-electron chi connectivity index (χ3n) is 2.07. The molecule has 1 amide bonds. The van der Waals surface area contributed by atoms with Gasteiger partial charge in [0, 0.05) is 6.42 Å². The minimum absolute atomic E-state index is 0.224. The van der Waals surface area contributed by atoms with E-state index in [-0.39, 0.29) is 18.2 Å². The molecule has 0 rings (SSSR count). The number of carbonyl (C=O) groups excluding carboxylic acids is 1. The first-order valence-electron chi connectivity index (χ1n) is 4.76. The van der Waals surface area contributed by atoms with Crippen molar-refractivity contribution in [2.45, 2.75) is 32.6 Å². The Hall–Kier alpha value is -0.710. The predicted molar refractivity (Wildman–Crippen MR) is 51.1 cm³/mol. The van der Waals surface area contributed by atoms with Gasteiger partial charge < -0.3 is 11.1 Å². The molecule has 0 spiro atoms. The molecule has 5 heteroatoms. The lowest BCUT2D eigenvalue weighted by Gasteiger charge is -2.15. The second-order valence-electron chi connectivity index (χ2n) is 3.55. The number of hydrogen-bond acceptors (Lipinski definition) is 2. The lowest BCUT2D eigenvalue weighted by atomic mass is 10.1. The molecule has 1 atom stereocenters. The minimum atomic E-state index is -2.99. The lowest BCUT2D eigenvalue weighted by Crippen LogP contribution is -2.41. The Kier molecular flexibility index (Phi) is 5.60. The molecule has 14 heavy (non-hydrogen) atoms. The normalized spacial score (nSPS) is 13.8. The molecule has 0 fully saturated rings. The maximum atomic E-state index is 12.6. The number of rotatable bonds is 6. The fourth-order valence-corrected chi connectivity index (χ4v) is 0.833. The molecular formula is C9H18F2N2O. The third kappa shape index (κ3) is 5.85. The maximum absolute atomic E-state index is 12.6. The third-order valence-corrected chi connectivity index (χ3v) is 2.07. The van der Waals surface area contributed by atoms with Gasteiger partial charge in [0.05, 0.1) is 13.1 Å². The quantitative estimate of drug-likeness (QED) is 0.687. The van der Waals surface area contributed by atoms with Gasteiger partial charge in [0.2, 0.25) is 5.91 Å². The summed E-state index contributed by atoms with van der Waals surface area (Å²) in [6.07, 6.45) is 1.15. The van der Waals surface area contributed by atoms with Gasteiger partial charge in [-0.15, -0.1) is 0 Å². The summed E-state index contributed by atoms with van der Waals surface area (Å²) in [5.74, 6) is -3.11. The van der Waals surface area contributed by atoms with Crippen LogP contribution in [0.3, 0.4) is 0 Å². The highest BCUT2D eigenvalue weighted by Crippen LogP contribution is 2.10. The van der Waals surface area contributed by atoms with Crippen molar-refractivity contribution >= 4 is 5.91 Å². The summed E-state index contributed by atoms with van der Waals surface area (Å²) in [5.41, 5.74) is 4.82. The van der Waals surface area contributed by atoms with E-state index >= 15 is 0 Å². The molecule has 3 N–H and O–H groups in total. The van der Waals surface area contributed by atoms with E-state index in [1.165, 1.54) is 0 Å². The van der Waals surface area contributed by atoms with Crippen LogP contribution in [0.2, 0.25) is 0 Å². The zero-order valence-corrected chi connectivity index (χ0v) is 8.65. The molecule has 0 aliphatic rings. The van der Waals surface area contributed by atoms with Gasteiger partial charge in [-0.05, 0) is 5.92 Å². The Balaban J connectivity index is 3.74. The molecule has 0 aromatic rings. The van der Waals surface area contributed by atoms with Crippen LogP contribution in [0.25, 0.3) is 0 Å². The highest BCUT2D eigenvalue weighted by molar-refractivity contribution is 5.76. The Morgan fingerprint density at radius 1 is 1.57 bits per heavy atom. The summed E-state index contributed by atoms with van der Waals surface area (Å²) in [6.45, 7) is 2.45. The molecule has 0 saturated carbocycles. The zero-order chi connectivity index (χ0) is 11.2. The van der Waals surface area contributed by atoms with E-state index in [0.29, 0.717) is 0 Å². The first-order valence-corrected chi connectivity index (χ1v) is 4.76. The van der Waals surface area contributed by atoms with Crippen molar-refractivity contribution in [1.82, 2.24) is 5.32 Å². The molecule has 0 radical (unpaired) electrons. The highest BCUT2D eigenvalue weighted by Gasteiger charge is 2.27. The van der Waals surface area contributed by atoms with E-state index in [2.05, 4.69) is 5.32 Å². The molecule has 0 aliphatic carbocycles. The molecular weight excluding hydrogens is 190 g/mol. The topological polar surface area (TPSA) is 55.1 Å². The van der Waals surface area contributed by atoms with E-state index in [9.17, 15) is 13.6 Å². The van der Waals surface area contributed by atoms with Crippen LogP contribution in [0.1, 0.15) is 26.7 Å². The van der Waals surface area contributed by atoms with Crippen LogP contribution in [0.4, 0.5) is 8.78 Å². The van der Waals surface area contributed by atoms with Crippen molar-refractivity contribution in [3.05, 3.63) is 0 Å². The number of nitrogens with two attached hydrogens (primary N) is 1. The second-order valence-corrected chi connectivity index (χ2v) is 3.55. The molecule has 0 saturated heterocycles. The smallest absolute Gasteiger partial charge is 0.277 e. The number of carbonyl (C=O) groups is 1. The molecule has 1 unspecified atom stereocenters. The fourth-order valence-electron chi connectivity index (χ4n) is 0.833. The van der Waals surface area contributed by atoms with E-state index in [4.69, 9.17) is 5.73 Å². The summed E-state index contributed by atoms with van der Waals surface area (Å²) >= 11 is 0. The van der Waals surface area contributed by atoms with E-state index < -0.39 is 19.0 Å². The summed E-state index contributed by atoms with van der Waals surface area (Å²) in [7, 11) is 0. The number of nitrogens with one attached hydrogen (secondary N) is 1. The number of halogens is 2. The molecule has 0 aromatic carbocycles. The van der Waals surface area contributed by atoms with Gasteiger partial charge >= 0.3 is 0 Å². The highest BCUT2D eigenvalue weighted by atomic mass is 19.3. The average Bonchev–Trinajstić information content (AvgIpc) is 2.15. The fraction of sp³-hybridized carbons (Fsp3) is 0.889. The van der Waals surface area contributed by atoms with E-state index in [0.717, 1.165) is 6.42 Å². The van der Waals surface area contributed by atoms with Crippen LogP contribution >= 0.6 is 0 Å². The van der Waals surface area contributed by atoms with Gasteiger partial charge in [-0.2, -0.15) is 0 Å². The average molecular weight is 208 g/mol. The SMILES string of the molecule is CCC(C)CC(=O)NCC(F)(F)CN. The van der Waals surface area contributed by atoms with Gasteiger partial charge in [-0.3, -0.25) is 4.79 Å². The van der Waals surface area contributed by atoms with Crippen molar-refractivity contribution in [2.24, 2.45) is 11.7 Å². The zero-order valence-electron chi connectivity index (χ0n) is 8.65. The van der Waals surface area contributed by atoms with Gasteiger partial charge in [0.1, 0.15) is 0 Å². The minimum Gasteiger partial charge on any atom is -0.350 e. The van der Waals surface area contributed by atoms with Crippen molar-refractivity contribution in [3.63, 3.8) is 0 Å². The summed E-state index contributed by atoms with van der Waals surface area (Å²) in [6, 6.07) is 0. The maximum Gasteiger partial charge on any atom is 0.277 e. The lowest BCUT2D eigenvalue weighted by molar-refractivity contribution is -0.123. The summed E-state index contributed by atoms with van der Waals surface area (Å²) < 4.78 is 25.2. The van der Waals surface area contributed by atoms with Crippen LogP contribution in [0, 0.1) is 5.92 Å². The number of hydrogen-bond donors (Lipinski definition) is 2. The first-order chi connectivity index (χ1) is 6.41.